The number of aliphatic hydroxyl groups is 1. The minimum atomic E-state index is -0.316. The van der Waals surface area contributed by atoms with Gasteiger partial charge in [-0.1, -0.05) is 58.0 Å². The second-order valence-corrected chi connectivity index (χ2v) is 4.31. The Kier molecular flexibility index (Phi) is 8.69. The zero-order chi connectivity index (χ0) is 12.6. The number of hydrogen-bond acceptors (Lipinski definition) is 1. The van der Waals surface area contributed by atoms with Gasteiger partial charge in [-0.3, -0.25) is 0 Å². The van der Waals surface area contributed by atoms with Gasteiger partial charge in [0.2, 0.25) is 0 Å². The highest BCUT2D eigenvalue weighted by Gasteiger charge is 2.22. The third-order valence-electron chi connectivity index (χ3n) is 1.89. The molecule has 0 bridgehead atoms. The molecule has 88 valence electrons. The van der Waals surface area contributed by atoms with E-state index in [1.165, 1.54) is 0 Å². The molecule has 0 saturated heterocycles. The molecule has 0 rings (SSSR count). The van der Waals surface area contributed by atoms with Crippen molar-refractivity contribution in [1.29, 1.82) is 0 Å². The summed E-state index contributed by atoms with van der Waals surface area (Å²) in [6.07, 6.45) is 1.75. The topological polar surface area (TPSA) is 20.2 Å². The molecule has 0 amide bonds. The Morgan fingerprint density at radius 2 is 1.73 bits per heavy atom. The molecule has 0 aliphatic heterocycles. The van der Waals surface area contributed by atoms with Crippen molar-refractivity contribution < 1.29 is 5.11 Å². The molecule has 0 aromatic heterocycles. The zero-order valence-corrected chi connectivity index (χ0v) is 11.3. The fourth-order valence-electron chi connectivity index (χ4n) is 1.14. The smallest absolute Gasteiger partial charge is 0.0522 e. The maximum Gasteiger partial charge on any atom is 0.0522 e. The first kappa shape index (κ1) is 16.9. The summed E-state index contributed by atoms with van der Waals surface area (Å²) in [5.74, 6) is 0. The van der Waals surface area contributed by atoms with Gasteiger partial charge in [0.15, 0.2) is 0 Å². The average molecular weight is 231 g/mol. The predicted molar refractivity (Wildman–Crippen MR) is 70.1 cm³/mol. The molecule has 1 nitrogen and oxygen atoms in total. The van der Waals surface area contributed by atoms with Crippen LogP contribution in [0.15, 0.2) is 35.4 Å². The summed E-state index contributed by atoms with van der Waals surface area (Å²) >= 11 is 5.69. The first-order valence-electron chi connectivity index (χ1n) is 5.14. The Hall–Kier alpha value is -0.530. The van der Waals surface area contributed by atoms with E-state index in [-0.39, 0.29) is 12.0 Å². The van der Waals surface area contributed by atoms with Crippen molar-refractivity contribution in [3.8, 4) is 0 Å². The fourth-order valence-corrected chi connectivity index (χ4v) is 1.25. The number of allylic oxidation sites excluding steroid dienone is 3. The van der Waals surface area contributed by atoms with Crippen molar-refractivity contribution >= 4 is 11.6 Å². The van der Waals surface area contributed by atoms with E-state index in [2.05, 4.69) is 13.2 Å². The summed E-state index contributed by atoms with van der Waals surface area (Å²) in [4.78, 5) is 0. The van der Waals surface area contributed by atoms with Crippen LogP contribution in [-0.2, 0) is 0 Å². The fraction of sp³-hybridized carbons (Fsp3) is 0.538. The van der Waals surface area contributed by atoms with Gasteiger partial charge in [0.05, 0.1) is 6.61 Å². The molecule has 15 heavy (non-hydrogen) atoms. The van der Waals surface area contributed by atoms with E-state index in [0.29, 0.717) is 5.03 Å². The first-order valence-corrected chi connectivity index (χ1v) is 5.52. The SMILES string of the molecule is C=C(Cl)/C=C(\C(=C)C)C(C)(C)CO.CC. The molecule has 0 unspecified atom stereocenters. The van der Waals surface area contributed by atoms with Crippen LogP contribution in [-0.4, -0.2) is 11.7 Å². The van der Waals surface area contributed by atoms with Crippen LogP contribution >= 0.6 is 11.6 Å². The second kappa shape index (κ2) is 7.72. The van der Waals surface area contributed by atoms with E-state index in [4.69, 9.17) is 11.6 Å². The van der Waals surface area contributed by atoms with Crippen LogP contribution in [0.2, 0.25) is 0 Å². The number of aliphatic hydroxyl groups excluding tert-OH is 1. The summed E-state index contributed by atoms with van der Waals surface area (Å²) in [5, 5.41) is 9.63. The van der Waals surface area contributed by atoms with Crippen LogP contribution in [0.3, 0.4) is 0 Å². The van der Waals surface area contributed by atoms with Crippen molar-refractivity contribution in [1.82, 2.24) is 0 Å². The highest BCUT2D eigenvalue weighted by molar-refractivity contribution is 6.30. The lowest BCUT2D eigenvalue weighted by atomic mass is 9.81. The summed E-state index contributed by atoms with van der Waals surface area (Å²) in [7, 11) is 0. The van der Waals surface area contributed by atoms with Crippen molar-refractivity contribution in [2.75, 3.05) is 6.61 Å². The highest BCUT2D eigenvalue weighted by Crippen LogP contribution is 2.31. The molecule has 0 radical (unpaired) electrons. The first-order chi connectivity index (χ1) is 6.81. The minimum Gasteiger partial charge on any atom is -0.395 e. The van der Waals surface area contributed by atoms with E-state index in [1.54, 1.807) is 6.08 Å². The zero-order valence-electron chi connectivity index (χ0n) is 10.5. The van der Waals surface area contributed by atoms with Gasteiger partial charge in [0, 0.05) is 10.4 Å². The number of halogens is 1. The van der Waals surface area contributed by atoms with Crippen LogP contribution in [0.4, 0.5) is 0 Å². The van der Waals surface area contributed by atoms with Gasteiger partial charge >= 0.3 is 0 Å². The lowest BCUT2D eigenvalue weighted by Crippen LogP contribution is -2.20. The molecule has 0 spiro atoms. The Bertz CT molecular complexity index is 249. The van der Waals surface area contributed by atoms with Crippen LogP contribution in [0.1, 0.15) is 34.6 Å². The Labute approximate surface area is 99.2 Å². The van der Waals surface area contributed by atoms with E-state index in [9.17, 15) is 5.11 Å². The standard InChI is InChI=1S/C11H17ClO.C2H6/c1-8(2)10(6-9(3)12)11(4,5)7-13;1-2/h6,13H,1,3,7H2,2,4-5H3;1-2H3/b10-6+;. The predicted octanol–water partition coefficient (Wildman–Crippen LogP) is 4.29. The maximum atomic E-state index is 9.17. The quantitative estimate of drug-likeness (QED) is 0.715. The summed E-state index contributed by atoms with van der Waals surface area (Å²) in [6.45, 7) is 17.3. The molecule has 0 aromatic rings. The van der Waals surface area contributed by atoms with Crippen LogP contribution in [0, 0.1) is 5.41 Å². The summed E-state index contributed by atoms with van der Waals surface area (Å²) in [6, 6.07) is 0. The molecule has 0 aromatic carbocycles. The Morgan fingerprint density at radius 1 is 1.33 bits per heavy atom. The molecule has 0 saturated carbocycles. The monoisotopic (exact) mass is 230 g/mol. The molecular weight excluding hydrogens is 208 g/mol. The van der Waals surface area contributed by atoms with E-state index < -0.39 is 0 Å². The minimum absolute atomic E-state index is 0.0653. The third-order valence-corrected chi connectivity index (χ3v) is 1.99. The molecule has 0 aliphatic rings. The Morgan fingerprint density at radius 3 is 1.93 bits per heavy atom. The largest absolute Gasteiger partial charge is 0.395 e. The second-order valence-electron chi connectivity index (χ2n) is 3.83. The maximum absolute atomic E-state index is 9.17. The van der Waals surface area contributed by atoms with Crippen LogP contribution < -0.4 is 0 Å². The lowest BCUT2D eigenvalue weighted by Gasteiger charge is -2.26. The van der Waals surface area contributed by atoms with Crippen molar-refractivity contribution in [2.24, 2.45) is 5.41 Å². The summed E-state index contributed by atoms with van der Waals surface area (Å²) in [5.41, 5.74) is 1.53. The van der Waals surface area contributed by atoms with E-state index >= 15 is 0 Å². The van der Waals surface area contributed by atoms with Crippen molar-refractivity contribution in [3.05, 3.63) is 35.4 Å². The van der Waals surface area contributed by atoms with Gasteiger partial charge in [0.25, 0.3) is 0 Å². The molecule has 0 fully saturated rings. The molecule has 2 heteroatoms. The number of hydrogen-bond donors (Lipinski definition) is 1. The molecule has 1 N–H and O–H groups in total. The van der Waals surface area contributed by atoms with Gasteiger partial charge in [0.1, 0.15) is 0 Å². The molecule has 0 aliphatic carbocycles. The van der Waals surface area contributed by atoms with Gasteiger partial charge < -0.3 is 5.11 Å². The molecule has 0 atom stereocenters. The van der Waals surface area contributed by atoms with Gasteiger partial charge in [-0.05, 0) is 18.6 Å². The van der Waals surface area contributed by atoms with Crippen molar-refractivity contribution in [2.45, 2.75) is 34.6 Å². The van der Waals surface area contributed by atoms with E-state index in [1.807, 2.05) is 34.6 Å². The van der Waals surface area contributed by atoms with Crippen LogP contribution in [0.5, 0.6) is 0 Å². The Balaban J connectivity index is 0. The lowest BCUT2D eigenvalue weighted by molar-refractivity contribution is 0.192. The van der Waals surface area contributed by atoms with E-state index in [0.717, 1.165) is 11.1 Å². The van der Waals surface area contributed by atoms with Crippen molar-refractivity contribution in [3.63, 3.8) is 0 Å². The van der Waals surface area contributed by atoms with Gasteiger partial charge in [-0.15, -0.1) is 0 Å². The highest BCUT2D eigenvalue weighted by atomic mass is 35.5. The normalized spacial score (nSPS) is 11.5. The number of rotatable bonds is 4. The molecular formula is C13H23ClO. The summed E-state index contributed by atoms with van der Waals surface area (Å²) < 4.78 is 0. The average Bonchev–Trinajstić information content (AvgIpc) is 2.16. The van der Waals surface area contributed by atoms with Crippen LogP contribution in [0.25, 0.3) is 0 Å². The molecule has 0 heterocycles. The van der Waals surface area contributed by atoms with Gasteiger partial charge in [-0.25, -0.2) is 0 Å². The van der Waals surface area contributed by atoms with Gasteiger partial charge in [-0.2, -0.15) is 0 Å². The third kappa shape index (κ3) is 6.53.